The van der Waals surface area contributed by atoms with E-state index in [4.69, 9.17) is 10.5 Å². The van der Waals surface area contributed by atoms with Crippen molar-refractivity contribution in [3.63, 3.8) is 0 Å². The van der Waals surface area contributed by atoms with Crippen LogP contribution in [-0.2, 0) is 9.53 Å². The Morgan fingerprint density at radius 1 is 1.50 bits per heavy atom. The van der Waals surface area contributed by atoms with Crippen LogP contribution in [0.3, 0.4) is 0 Å². The molecular weight excluding hydrogens is 347 g/mol. The van der Waals surface area contributed by atoms with Crippen molar-refractivity contribution in [1.29, 1.82) is 0 Å². The first kappa shape index (κ1) is 14.7. The third kappa shape index (κ3) is 3.59. The molecule has 0 aliphatic heterocycles. The minimum atomic E-state index is -0.749. The van der Waals surface area contributed by atoms with Crippen LogP contribution in [0.2, 0.25) is 0 Å². The number of ether oxygens (including phenoxy) is 1. The summed E-state index contributed by atoms with van der Waals surface area (Å²) in [5.41, 5.74) is 5.91. The zero-order chi connectivity index (χ0) is 13.7. The number of rotatable bonds is 4. The number of hydrogen-bond donors (Lipinski definition) is 1. The number of primary amides is 1. The third-order valence-corrected chi connectivity index (χ3v) is 3.01. The van der Waals surface area contributed by atoms with E-state index in [1.165, 1.54) is 4.90 Å². The molecule has 0 aromatic heterocycles. The molecule has 0 fully saturated rings. The van der Waals surface area contributed by atoms with Gasteiger partial charge >= 0.3 is 12.0 Å². The number of esters is 1. The van der Waals surface area contributed by atoms with Gasteiger partial charge in [0.25, 0.3) is 0 Å². The molecule has 0 radical (unpaired) electrons. The number of amides is 2. The molecule has 18 heavy (non-hydrogen) atoms. The summed E-state index contributed by atoms with van der Waals surface area (Å²) in [4.78, 5) is 24.4. The number of carbonyl (C=O) groups is 2. The second-order valence-corrected chi connectivity index (χ2v) is 4.86. The Labute approximate surface area is 119 Å². The zero-order valence-corrected chi connectivity index (χ0v) is 12.4. The minimum Gasteiger partial charge on any atom is -0.464 e. The molecule has 1 rings (SSSR count). The maximum absolute atomic E-state index is 11.7. The lowest BCUT2D eigenvalue weighted by molar-refractivity contribution is -0.144. The smallest absolute Gasteiger partial charge is 0.329 e. The van der Waals surface area contributed by atoms with Crippen molar-refractivity contribution in [2.24, 2.45) is 5.73 Å². The SMILES string of the molecule is CCOC(=O)[C@H](C)N(C(N)=O)c1cccc(I)c1. The van der Waals surface area contributed by atoms with Crippen LogP contribution in [0.1, 0.15) is 13.8 Å². The van der Waals surface area contributed by atoms with E-state index in [0.717, 1.165) is 3.57 Å². The highest BCUT2D eigenvalue weighted by Gasteiger charge is 2.26. The normalized spacial score (nSPS) is 11.7. The van der Waals surface area contributed by atoms with E-state index >= 15 is 0 Å². The summed E-state index contributed by atoms with van der Waals surface area (Å²) in [7, 11) is 0. The highest BCUT2D eigenvalue weighted by atomic mass is 127. The van der Waals surface area contributed by atoms with Gasteiger partial charge in [0, 0.05) is 9.26 Å². The monoisotopic (exact) mass is 362 g/mol. The van der Waals surface area contributed by atoms with Crippen molar-refractivity contribution in [3.05, 3.63) is 27.8 Å². The van der Waals surface area contributed by atoms with E-state index in [-0.39, 0.29) is 6.61 Å². The van der Waals surface area contributed by atoms with Crippen molar-refractivity contribution in [1.82, 2.24) is 0 Å². The number of urea groups is 1. The standard InChI is InChI=1S/C12H15IN2O3/c1-3-18-11(16)8(2)15(12(14)17)10-6-4-5-9(13)7-10/h4-8H,3H2,1-2H3,(H2,14,17)/t8-/m0/s1. The fourth-order valence-corrected chi connectivity index (χ4v) is 2.06. The number of nitrogens with zero attached hydrogens (tertiary/aromatic N) is 1. The molecule has 1 aromatic rings. The van der Waals surface area contributed by atoms with Crippen LogP contribution in [0.15, 0.2) is 24.3 Å². The van der Waals surface area contributed by atoms with Gasteiger partial charge in [0.2, 0.25) is 0 Å². The molecule has 0 saturated heterocycles. The Balaban J connectivity index is 3.03. The predicted octanol–water partition coefficient (Wildman–Crippen LogP) is 2.13. The van der Waals surface area contributed by atoms with Gasteiger partial charge in [0.1, 0.15) is 6.04 Å². The Hall–Kier alpha value is -1.31. The van der Waals surface area contributed by atoms with Crippen molar-refractivity contribution >= 4 is 40.3 Å². The number of benzene rings is 1. The summed E-state index contributed by atoms with van der Waals surface area (Å²) in [5, 5.41) is 0. The number of carbonyl (C=O) groups excluding carboxylic acids is 2. The van der Waals surface area contributed by atoms with Crippen LogP contribution in [0.25, 0.3) is 0 Å². The molecule has 98 valence electrons. The summed E-state index contributed by atoms with van der Waals surface area (Å²) in [6, 6.07) is 5.76. The van der Waals surface area contributed by atoms with Gasteiger partial charge in [0.15, 0.2) is 0 Å². The first-order valence-corrected chi connectivity index (χ1v) is 6.56. The summed E-state index contributed by atoms with van der Waals surface area (Å²) in [6.45, 7) is 3.56. The first-order valence-electron chi connectivity index (χ1n) is 5.48. The van der Waals surface area contributed by atoms with Crippen LogP contribution in [-0.4, -0.2) is 24.6 Å². The van der Waals surface area contributed by atoms with Crippen LogP contribution in [0.5, 0.6) is 0 Å². The lowest BCUT2D eigenvalue weighted by Gasteiger charge is -2.26. The zero-order valence-electron chi connectivity index (χ0n) is 10.2. The van der Waals surface area contributed by atoms with E-state index < -0.39 is 18.0 Å². The van der Waals surface area contributed by atoms with Gasteiger partial charge < -0.3 is 10.5 Å². The van der Waals surface area contributed by atoms with Crippen molar-refractivity contribution in [2.75, 3.05) is 11.5 Å². The molecule has 0 aliphatic rings. The maximum atomic E-state index is 11.7. The fourth-order valence-electron chi connectivity index (χ4n) is 1.54. The Kier molecular flexibility index (Phi) is 5.39. The van der Waals surface area contributed by atoms with Crippen molar-refractivity contribution in [3.8, 4) is 0 Å². The summed E-state index contributed by atoms with van der Waals surface area (Å²) < 4.78 is 5.85. The van der Waals surface area contributed by atoms with Gasteiger partial charge in [0.05, 0.1) is 6.61 Å². The molecule has 0 spiro atoms. The molecule has 0 saturated carbocycles. The van der Waals surface area contributed by atoms with Crippen LogP contribution >= 0.6 is 22.6 Å². The largest absolute Gasteiger partial charge is 0.464 e. The lowest BCUT2D eigenvalue weighted by Crippen LogP contribution is -2.47. The number of halogens is 1. The van der Waals surface area contributed by atoms with Crippen molar-refractivity contribution in [2.45, 2.75) is 19.9 Å². The van der Waals surface area contributed by atoms with E-state index in [1.807, 2.05) is 6.07 Å². The average molecular weight is 362 g/mol. The average Bonchev–Trinajstić information content (AvgIpc) is 2.29. The van der Waals surface area contributed by atoms with Gasteiger partial charge in [-0.1, -0.05) is 6.07 Å². The molecule has 2 N–H and O–H groups in total. The van der Waals surface area contributed by atoms with Crippen LogP contribution in [0.4, 0.5) is 10.5 Å². The molecule has 0 unspecified atom stereocenters. The second-order valence-electron chi connectivity index (χ2n) is 3.62. The second kappa shape index (κ2) is 6.58. The maximum Gasteiger partial charge on any atom is 0.329 e. The Morgan fingerprint density at radius 3 is 2.67 bits per heavy atom. The first-order chi connectivity index (χ1) is 8.47. The number of anilines is 1. The molecule has 5 nitrogen and oxygen atoms in total. The molecule has 2 amide bonds. The molecule has 0 aliphatic carbocycles. The van der Waals surface area contributed by atoms with Crippen molar-refractivity contribution < 1.29 is 14.3 Å². The number of hydrogen-bond acceptors (Lipinski definition) is 3. The molecular formula is C12H15IN2O3. The number of nitrogens with two attached hydrogens (primary N) is 1. The fraction of sp³-hybridized carbons (Fsp3) is 0.333. The van der Waals surface area contributed by atoms with Gasteiger partial charge in [-0.25, -0.2) is 9.59 Å². The summed E-state index contributed by atoms with van der Waals surface area (Å²) >= 11 is 2.12. The highest BCUT2D eigenvalue weighted by Crippen LogP contribution is 2.20. The van der Waals surface area contributed by atoms with E-state index in [2.05, 4.69) is 22.6 Å². The lowest BCUT2D eigenvalue weighted by atomic mass is 10.2. The van der Waals surface area contributed by atoms with E-state index in [1.54, 1.807) is 32.0 Å². The van der Waals surface area contributed by atoms with Gasteiger partial charge in [-0.3, -0.25) is 4.90 Å². The quantitative estimate of drug-likeness (QED) is 0.659. The highest BCUT2D eigenvalue weighted by molar-refractivity contribution is 14.1. The minimum absolute atomic E-state index is 0.266. The van der Waals surface area contributed by atoms with Crippen LogP contribution in [0, 0.1) is 3.57 Å². The Bertz CT molecular complexity index is 451. The molecule has 0 heterocycles. The van der Waals surface area contributed by atoms with Gasteiger partial charge in [-0.2, -0.15) is 0 Å². The molecule has 1 atom stereocenters. The summed E-state index contributed by atoms with van der Waals surface area (Å²) in [6.07, 6.45) is 0. The summed E-state index contributed by atoms with van der Waals surface area (Å²) in [5.74, 6) is -0.477. The third-order valence-electron chi connectivity index (χ3n) is 2.34. The van der Waals surface area contributed by atoms with E-state index in [9.17, 15) is 9.59 Å². The topological polar surface area (TPSA) is 72.6 Å². The predicted molar refractivity (Wildman–Crippen MR) is 77.3 cm³/mol. The molecule has 6 heteroatoms. The van der Waals surface area contributed by atoms with Gasteiger partial charge in [-0.05, 0) is 54.6 Å². The van der Waals surface area contributed by atoms with E-state index in [0.29, 0.717) is 5.69 Å². The van der Waals surface area contributed by atoms with Gasteiger partial charge in [-0.15, -0.1) is 0 Å². The van der Waals surface area contributed by atoms with Crippen LogP contribution < -0.4 is 10.6 Å². The molecule has 1 aromatic carbocycles. The molecule has 0 bridgehead atoms. The Morgan fingerprint density at radius 2 is 2.17 bits per heavy atom.